The molecular weight excluding hydrogens is 276 g/mol. The fourth-order valence-corrected chi connectivity index (χ4v) is 3.35. The summed E-state index contributed by atoms with van der Waals surface area (Å²) in [5.74, 6) is 0.902. The summed E-state index contributed by atoms with van der Waals surface area (Å²) in [7, 11) is 0. The van der Waals surface area contributed by atoms with Crippen LogP contribution in [-0.4, -0.2) is 12.3 Å². The van der Waals surface area contributed by atoms with E-state index in [2.05, 4.69) is 23.5 Å². The number of hydrogen-bond donors (Lipinski definition) is 1. The average molecular weight is 296 g/mol. The van der Waals surface area contributed by atoms with Crippen molar-refractivity contribution >= 4 is 11.8 Å². The predicted octanol–water partition coefficient (Wildman–Crippen LogP) is 4.20. The number of thioether (sulfide) groups is 1. The smallest absolute Gasteiger partial charge is 0.133 e. The monoisotopic (exact) mass is 296 g/mol. The zero-order valence-electron chi connectivity index (χ0n) is 12.3. The minimum atomic E-state index is -0.599. The van der Waals surface area contributed by atoms with E-state index in [1.54, 1.807) is 11.8 Å². The van der Waals surface area contributed by atoms with Gasteiger partial charge in [-0.1, -0.05) is 55.5 Å². The molecule has 0 aliphatic rings. The molecule has 0 aromatic heterocycles. The molecule has 2 aromatic rings. The third kappa shape index (κ3) is 4.10. The first-order valence-electron chi connectivity index (χ1n) is 7.20. The molecule has 2 aromatic carbocycles. The summed E-state index contributed by atoms with van der Waals surface area (Å²) in [6.45, 7) is 2.82. The van der Waals surface area contributed by atoms with E-state index >= 15 is 0 Å². The molecule has 0 fully saturated rings. The van der Waals surface area contributed by atoms with Gasteiger partial charge in [-0.25, -0.2) is 0 Å². The van der Waals surface area contributed by atoms with Crippen molar-refractivity contribution in [2.45, 2.75) is 23.8 Å². The highest BCUT2D eigenvalue weighted by Gasteiger charge is 2.30. The van der Waals surface area contributed by atoms with Crippen molar-refractivity contribution in [3.63, 3.8) is 0 Å². The molecule has 108 valence electrons. The van der Waals surface area contributed by atoms with E-state index in [1.165, 1.54) is 4.90 Å². The highest BCUT2D eigenvalue weighted by atomic mass is 32.2. The SMILES string of the molecule is CCNC(C#N)(CCSc1ccccc1)c1ccccc1. The number of nitriles is 1. The summed E-state index contributed by atoms with van der Waals surface area (Å²) in [6.07, 6.45) is 0.779. The molecule has 0 aliphatic carbocycles. The first-order chi connectivity index (χ1) is 10.3. The minimum absolute atomic E-state index is 0.599. The van der Waals surface area contributed by atoms with Gasteiger partial charge in [-0.3, -0.25) is 5.32 Å². The van der Waals surface area contributed by atoms with E-state index in [1.807, 2.05) is 55.5 Å². The lowest BCUT2D eigenvalue weighted by atomic mass is 9.88. The van der Waals surface area contributed by atoms with Gasteiger partial charge in [-0.15, -0.1) is 11.8 Å². The lowest BCUT2D eigenvalue weighted by Gasteiger charge is -2.28. The Balaban J connectivity index is 2.09. The van der Waals surface area contributed by atoms with Crippen LogP contribution < -0.4 is 5.32 Å². The molecule has 21 heavy (non-hydrogen) atoms. The predicted molar refractivity (Wildman–Crippen MR) is 89.2 cm³/mol. The van der Waals surface area contributed by atoms with E-state index in [0.717, 1.165) is 24.3 Å². The first kappa shape index (κ1) is 15.6. The Kier molecular flexibility index (Phi) is 5.86. The molecule has 0 bridgehead atoms. The fraction of sp³-hybridized carbons (Fsp3) is 0.278. The number of hydrogen-bond acceptors (Lipinski definition) is 3. The van der Waals surface area contributed by atoms with Crippen LogP contribution in [0.15, 0.2) is 65.6 Å². The topological polar surface area (TPSA) is 35.8 Å². The fourth-order valence-electron chi connectivity index (χ4n) is 2.36. The molecule has 0 saturated carbocycles. The Morgan fingerprint density at radius 3 is 2.24 bits per heavy atom. The van der Waals surface area contributed by atoms with Gasteiger partial charge >= 0.3 is 0 Å². The summed E-state index contributed by atoms with van der Waals surface area (Å²) >= 11 is 1.79. The summed E-state index contributed by atoms with van der Waals surface area (Å²) < 4.78 is 0. The second-order valence-corrected chi connectivity index (χ2v) is 5.99. The van der Waals surface area contributed by atoms with Crippen LogP contribution in [0, 0.1) is 11.3 Å². The zero-order valence-corrected chi connectivity index (χ0v) is 13.1. The van der Waals surface area contributed by atoms with Gasteiger partial charge in [0, 0.05) is 10.6 Å². The lowest BCUT2D eigenvalue weighted by Crippen LogP contribution is -2.41. The number of benzene rings is 2. The van der Waals surface area contributed by atoms with Crippen LogP contribution in [0.3, 0.4) is 0 Å². The van der Waals surface area contributed by atoms with Crippen LogP contribution in [0.2, 0.25) is 0 Å². The van der Waals surface area contributed by atoms with Gasteiger partial charge in [0.2, 0.25) is 0 Å². The summed E-state index contributed by atoms with van der Waals surface area (Å²) in [6, 6.07) is 22.8. The quantitative estimate of drug-likeness (QED) is 0.778. The van der Waals surface area contributed by atoms with Gasteiger partial charge in [-0.2, -0.15) is 5.26 Å². The highest BCUT2D eigenvalue weighted by Crippen LogP contribution is 2.28. The Hall–Kier alpha value is -1.76. The van der Waals surface area contributed by atoms with Gasteiger partial charge < -0.3 is 0 Å². The molecule has 0 saturated heterocycles. The summed E-state index contributed by atoms with van der Waals surface area (Å²) in [5.41, 5.74) is 0.445. The normalized spacial score (nSPS) is 13.3. The Bertz CT molecular complexity index is 577. The van der Waals surface area contributed by atoms with Gasteiger partial charge in [-0.05, 0) is 30.7 Å². The average Bonchev–Trinajstić information content (AvgIpc) is 2.56. The molecule has 0 radical (unpaired) electrons. The molecule has 1 N–H and O–H groups in total. The Labute approximate surface area is 131 Å². The molecule has 1 atom stereocenters. The largest absolute Gasteiger partial charge is 0.296 e. The zero-order chi connectivity index (χ0) is 15.0. The maximum absolute atomic E-state index is 9.74. The molecule has 3 heteroatoms. The third-order valence-corrected chi connectivity index (χ3v) is 4.44. The first-order valence-corrected chi connectivity index (χ1v) is 8.19. The van der Waals surface area contributed by atoms with Crippen molar-refractivity contribution in [1.82, 2.24) is 5.32 Å². The molecule has 1 unspecified atom stereocenters. The van der Waals surface area contributed by atoms with Gasteiger partial charge in [0.25, 0.3) is 0 Å². The maximum atomic E-state index is 9.74. The van der Waals surface area contributed by atoms with Crippen LogP contribution in [0.25, 0.3) is 0 Å². The second kappa shape index (κ2) is 7.87. The van der Waals surface area contributed by atoms with Crippen molar-refractivity contribution in [1.29, 1.82) is 5.26 Å². The van der Waals surface area contributed by atoms with Crippen LogP contribution in [-0.2, 0) is 5.54 Å². The highest BCUT2D eigenvalue weighted by molar-refractivity contribution is 7.99. The van der Waals surface area contributed by atoms with Crippen LogP contribution in [0.4, 0.5) is 0 Å². The molecule has 2 rings (SSSR count). The lowest BCUT2D eigenvalue weighted by molar-refractivity contribution is 0.428. The number of nitrogens with one attached hydrogen (secondary N) is 1. The summed E-state index contributed by atoms with van der Waals surface area (Å²) in [4.78, 5) is 1.24. The van der Waals surface area contributed by atoms with E-state index in [4.69, 9.17) is 0 Å². The van der Waals surface area contributed by atoms with E-state index < -0.39 is 5.54 Å². The molecule has 2 nitrogen and oxygen atoms in total. The Morgan fingerprint density at radius 2 is 1.67 bits per heavy atom. The van der Waals surface area contributed by atoms with Crippen molar-refractivity contribution in [3.8, 4) is 6.07 Å². The van der Waals surface area contributed by atoms with Crippen LogP contribution >= 0.6 is 11.8 Å². The van der Waals surface area contributed by atoms with Gasteiger partial charge in [0.15, 0.2) is 0 Å². The summed E-state index contributed by atoms with van der Waals surface area (Å²) in [5, 5.41) is 13.1. The number of rotatable bonds is 7. The molecule has 0 aliphatic heterocycles. The molecule has 0 spiro atoms. The van der Waals surface area contributed by atoms with Crippen molar-refractivity contribution < 1.29 is 0 Å². The molecular formula is C18H20N2S. The van der Waals surface area contributed by atoms with E-state index in [0.29, 0.717) is 0 Å². The Morgan fingerprint density at radius 1 is 1.05 bits per heavy atom. The molecule has 0 heterocycles. The maximum Gasteiger partial charge on any atom is 0.133 e. The van der Waals surface area contributed by atoms with Crippen molar-refractivity contribution in [3.05, 3.63) is 66.2 Å². The second-order valence-electron chi connectivity index (χ2n) is 4.83. The van der Waals surface area contributed by atoms with Gasteiger partial charge in [0.05, 0.1) is 6.07 Å². The minimum Gasteiger partial charge on any atom is -0.296 e. The number of nitrogens with zero attached hydrogens (tertiary/aromatic N) is 1. The van der Waals surface area contributed by atoms with Crippen LogP contribution in [0.5, 0.6) is 0 Å². The van der Waals surface area contributed by atoms with Crippen molar-refractivity contribution in [2.75, 3.05) is 12.3 Å². The van der Waals surface area contributed by atoms with E-state index in [-0.39, 0.29) is 0 Å². The van der Waals surface area contributed by atoms with E-state index in [9.17, 15) is 5.26 Å². The molecule has 0 amide bonds. The van der Waals surface area contributed by atoms with Crippen molar-refractivity contribution in [2.24, 2.45) is 0 Å². The van der Waals surface area contributed by atoms with Gasteiger partial charge in [0.1, 0.15) is 5.54 Å². The standard InChI is InChI=1S/C18H20N2S/c1-2-20-18(15-19,16-9-5-3-6-10-16)13-14-21-17-11-7-4-8-12-17/h3-12,20H,2,13-14H2,1H3. The van der Waals surface area contributed by atoms with Crippen LogP contribution in [0.1, 0.15) is 18.9 Å². The third-order valence-electron chi connectivity index (χ3n) is 3.42.